The summed E-state index contributed by atoms with van der Waals surface area (Å²) in [6.45, 7) is 2.25. The standard InChI is InChI=1S/C17H16BrN3/c1-10-5-6-15-13(7-10)16(14(9-19)17(20)21-15)11-3-2-4-12(18)8-11/h2-4,8,10H,5-7H2,1H3,(H2,20,21). The minimum atomic E-state index is 0.348. The predicted molar refractivity (Wildman–Crippen MR) is 87.7 cm³/mol. The van der Waals surface area contributed by atoms with Gasteiger partial charge in [0.1, 0.15) is 17.5 Å². The van der Waals surface area contributed by atoms with Gasteiger partial charge in [0, 0.05) is 15.7 Å². The van der Waals surface area contributed by atoms with E-state index in [1.54, 1.807) is 0 Å². The van der Waals surface area contributed by atoms with Crippen molar-refractivity contribution in [2.75, 3.05) is 5.73 Å². The summed E-state index contributed by atoms with van der Waals surface area (Å²) in [4.78, 5) is 4.47. The Balaban J connectivity index is 2.31. The first-order chi connectivity index (χ1) is 10.1. The van der Waals surface area contributed by atoms with Crippen molar-refractivity contribution in [3.63, 3.8) is 0 Å². The number of rotatable bonds is 1. The van der Waals surface area contributed by atoms with Gasteiger partial charge in [-0.25, -0.2) is 4.98 Å². The number of nitriles is 1. The third kappa shape index (κ3) is 2.54. The molecule has 0 bridgehead atoms. The van der Waals surface area contributed by atoms with Crippen LogP contribution in [0.5, 0.6) is 0 Å². The van der Waals surface area contributed by atoms with Gasteiger partial charge in [0.25, 0.3) is 0 Å². The molecule has 21 heavy (non-hydrogen) atoms. The van der Waals surface area contributed by atoms with Crippen molar-refractivity contribution < 1.29 is 0 Å². The van der Waals surface area contributed by atoms with Gasteiger partial charge < -0.3 is 5.73 Å². The maximum Gasteiger partial charge on any atom is 0.142 e. The van der Waals surface area contributed by atoms with Crippen LogP contribution in [0.1, 0.15) is 30.2 Å². The molecule has 2 aromatic rings. The zero-order valence-electron chi connectivity index (χ0n) is 11.9. The van der Waals surface area contributed by atoms with Crippen LogP contribution in [0, 0.1) is 17.2 Å². The lowest BCUT2D eigenvalue weighted by Crippen LogP contribution is -2.16. The molecule has 0 radical (unpaired) electrons. The van der Waals surface area contributed by atoms with E-state index in [1.165, 1.54) is 5.56 Å². The van der Waals surface area contributed by atoms with E-state index in [0.29, 0.717) is 17.3 Å². The van der Waals surface area contributed by atoms with Gasteiger partial charge in [-0.1, -0.05) is 35.0 Å². The normalized spacial score (nSPS) is 17.1. The van der Waals surface area contributed by atoms with Crippen molar-refractivity contribution >= 4 is 21.7 Å². The largest absolute Gasteiger partial charge is 0.383 e. The Morgan fingerprint density at radius 3 is 2.95 bits per heavy atom. The fraction of sp³-hybridized carbons (Fsp3) is 0.294. The van der Waals surface area contributed by atoms with Crippen LogP contribution >= 0.6 is 15.9 Å². The summed E-state index contributed by atoms with van der Waals surface area (Å²) in [6, 6.07) is 10.3. The fourth-order valence-corrected chi connectivity index (χ4v) is 3.43. The molecule has 3 rings (SSSR count). The summed E-state index contributed by atoms with van der Waals surface area (Å²) < 4.78 is 0.997. The molecule has 0 amide bonds. The van der Waals surface area contributed by atoms with Gasteiger partial charge in [-0.2, -0.15) is 5.26 Å². The fourth-order valence-electron chi connectivity index (χ4n) is 3.03. The van der Waals surface area contributed by atoms with E-state index in [-0.39, 0.29) is 0 Å². The van der Waals surface area contributed by atoms with Gasteiger partial charge >= 0.3 is 0 Å². The predicted octanol–water partition coefficient (Wildman–Crippen LogP) is 4.09. The number of nitrogens with two attached hydrogens (primary N) is 1. The molecule has 1 aliphatic carbocycles. The quantitative estimate of drug-likeness (QED) is 0.849. The molecule has 1 atom stereocenters. The minimum absolute atomic E-state index is 0.348. The number of hydrogen-bond donors (Lipinski definition) is 1. The molecule has 1 heterocycles. The highest BCUT2D eigenvalue weighted by Gasteiger charge is 2.24. The van der Waals surface area contributed by atoms with Crippen molar-refractivity contribution in [2.45, 2.75) is 26.2 Å². The Bertz CT molecular complexity index is 746. The Hall–Kier alpha value is -1.86. The van der Waals surface area contributed by atoms with E-state index in [2.05, 4.69) is 33.9 Å². The van der Waals surface area contributed by atoms with Crippen molar-refractivity contribution in [3.05, 3.63) is 45.6 Å². The smallest absolute Gasteiger partial charge is 0.142 e. The molecule has 0 fully saturated rings. The second-order valence-electron chi connectivity index (χ2n) is 5.64. The highest BCUT2D eigenvalue weighted by atomic mass is 79.9. The number of benzene rings is 1. The van der Waals surface area contributed by atoms with E-state index >= 15 is 0 Å². The number of aryl methyl sites for hydroxylation is 1. The summed E-state index contributed by atoms with van der Waals surface area (Å²) in [5, 5.41) is 9.52. The summed E-state index contributed by atoms with van der Waals surface area (Å²) >= 11 is 3.50. The second-order valence-corrected chi connectivity index (χ2v) is 6.56. The zero-order chi connectivity index (χ0) is 15.0. The highest BCUT2D eigenvalue weighted by molar-refractivity contribution is 9.10. The lowest BCUT2D eigenvalue weighted by Gasteiger charge is -2.25. The SMILES string of the molecule is CC1CCc2nc(N)c(C#N)c(-c3cccc(Br)c3)c2C1. The second kappa shape index (κ2) is 5.50. The van der Waals surface area contributed by atoms with Crippen LogP contribution in [0.2, 0.25) is 0 Å². The Morgan fingerprint density at radius 1 is 1.43 bits per heavy atom. The molecule has 1 aromatic heterocycles. The molecule has 1 unspecified atom stereocenters. The Labute approximate surface area is 132 Å². The third-order valence-corrected chi connectivity index (χ3v) is 4.56. The molecule has 0 spiro atoms. The van der Waals surface area contributed by atoms with E-state index < -0.39 is 0 Å². The Kier molecular flexibility index (Phi) is 3.69. The third-order valence-electron chi connectivity index (χ3n) is 4.06. The van der Waals surface area contributed by atoms with Crippen LogP contribution in [0.3, 0.4) is 0 Å². The van der Waals surface area contributed by atoms with Crippen molar-refractivity contribution in [1.29, 1.82) is 5.26 Å². The monoisotopic (exact) mass is 341 g/mol. The first-order valence-corrected chi connectivity index (χ1v) is 7.86. The molecular formula is C17H16BrN3. The van der Waals surface area contributed by atoms with E-state index in [4.69, 9.17) is 5.73 Å². The van der Waals surface area contributed by atoms with Crippen molar-refractivity contribution in [1.82, 2.24) is 4.98 Å². The molecule has 2 N–H and O–H groups in total. The van der Waals surface area contributed by atoms with Crippen LogP contribution in [0.25, 0.3) is 11.1 Å². The van der Waals surface area contributed by atoms with Crippen molar-refractivity contribution in [2.24, 2.45) is 5.92 Å². The van der Waals surface area contributed by atoms with Gasteiger partial charge in [0.2, 0.25) is 0 Å². The van der Waals surface area contributed by atoms with Gasteiger partial charge in [0.05, 0.1) is 0 Å². The number of fused-ring (bicyclic) bond motifs is 1. The molecule has 0 saturated carbocycles. The summed E-state index contributed by atoms with van der Waals surface area (Å²) in [5.41, 5.74) is 10.8. The Morgan fingerprint density at radius 2 is 2.24 bits per heavy atom. The first kappa shape index (κ1) is 14.1. The topological polar surface area (TPSA) is 62.7 Å². The number of pyridine rings is 1. The van der Waals surface area contributed by atoms with E-state index in [9.17, 15) is 5.26 Å². The molecule has 3 nitrogen and oxygen atoms in total. The van der Waals surface area contributed by atoms with Crippen molar-refractivity contribution in [3.8, 4) is 17.2 Å². The van der Waals surface area contributed by atoms with E-state index in [0.717, 1.165) is 40.6 Å². The molecule has 0 aliphatic heterocycles. The molecule has 1 aromatic carbocycles. The van der Waals surface area contributed by atoms with Crippen LogP contribution in [0.4, 0.5) is 5.82 Å². The number of nitrogens with zero attached hydrogens (tertiary/aromatic N) is 2. The van der Waals surface area contributed by atoms with Gasteiger partial charge in [-0.15, -0.1) is 0 Å². The lowest BCUT2D eigenvalue weighted by atomic mass is 9.82. The lowest BCUT2D eigenvalue weighted by molar-refractivity contribution is 0.495. The molecule has 0 saturated heterocycles. The molecule has 1 aliphatic rings. The maximum absolute atomic E-state index is 9.52. The van der Waals surface area contributed by atoms with Crippen LogP contribution in [-0.2, 0) is 12.8 Å². The van der Waals surface area contributed by atoms with Crippen LogP contribution in [0.15, 0.2) is 28.7 Å². The van der Waals surface area contributed by atoms with Gasteiger partial charge in [-0.3, -0.25) is 0 Å². The van der Waals surface area contributed by atoms with Gasteiger partial charge in [-0.05, 0) is 48.4 Å². The average Bonchev–Trinajstić information content (AvgIpc) is 2.46. The number of nitrogen functional groups attached to an aromatic ring is 1. The van der Waals surface area contributed by atoms with Gasteiger partial charge in [0.15, 0.2) is 0 Å². The van der Waals surface area contributed by atoms with Crippen LogP contribution < -0.4 is 5.73 Å². The minimum Gasteiger partial charge on any atom is -0.383 e. The van der Waals surface area contributed by atoms with Crippen LogP contribution in [-0.4, -0.2) is 4.98 Å². The maximum atomic E-state index is 9.52. The van der Waals surface area contributed by atoms with E-state index in [1.807, 2.05) is 24.3 Å². The molecular weight excluding hydrogens is 326 g/mol. The number of hydrogen-bond acceptors (Lipinski definition) is 3. The molecule has 106 valence electrons. The summed E-state index contributed by atoms with van der Waals surface area (Å²) in [5.74, 6) is 0.959. The number of aromatic nitrogens is 1. The first-order valence-electron chi connectivity index (χ1n) is 7.07. The summed E-state index contributed by atoms with van der Waals surface area (Å²) in [7, 11) is 0. The highest BCUT2D eigenvalue weighted by Crippen LogP contribution is 2.37. The average molecular weight is 342 g/mol. The zero-order valence-corrected chi connectivity index (χ0v) is 13.4. The number of anilines is 1. The number of halogens is 1. The summed E-state index contributed by atoms with van der Waals surface area (Å²) in [6.07, 6.45) is 3.02. The molecule has 4 heteroatoms.